The molecule has 3 nitrogen and oxygen atoms in total. The van der Waals surface area contributed by atoms with E-state index in [1.54, 1.807) is 6.20 Å². The molecule has 3 heteroatoms. The highest BCUT2D eigenvalue weighted by Gasteiger charge is 2.14. The number of aromatic amines is 1. The van der Waals surface area contributed by atoms with Crippen LogP contribution in [-0.4, -0.2) is 10.9 Å². The van der Waals surface area contributed by atoms with Crippen LogP contribution in [0.5, 0.6) is 0 Å². The number of aryl methyl sites for hydroxylation is 1. The third-order valence-electron chi connectivity index (χ3n) is 3.76. The molecular formula is C18H18N2O. The first-order valence-electron chi connectivity index (χ1n) is 7.08. The molecule has 0 fully saturated rings. The van der Waals surface area contributed by atoms with Gasteiger partial charge in [-0.1, -0.05) is 48.0 Å². The summed E-state index contributed by atoms with van der Waals surface area (Å²) in [5.41, 5.74) is 3.98. The summed E-state index contributed by atoms with van der Waals surface area (Å²) in [6, 6.07) is 16.0. The molecule has 0 saturated heterocycles. The van der Waals surface area contributed by atoms with Crippen molar-refractivity contribution < 1.29 is 4.79 Å². The zero-order valence-electron chi connectivity index (χ0n) is 12.2. The minimum absolute atomic E-state index is 0.0215. The average Bonchev–Trinajstić information content (AvgIpc) is 2.92. The number of H-pyrrole nitrogens is 1. The number of carbonyl (C=O) groups excluding carboxylic acids is 1. The Bertz CT molecular complexity index is 771. The van der Waals surface area contributed by atoms with Crippen molar-refractivity contribution >= 4 is 16.8 Å². The van der Waals surface area contributed by atoms with E-state index in [1.807, 2.05) is 31.2 Å². The Labute approximate surface area is 124 Å². The van der Waals surface area contributed by atoms with Crippen LogP contribution in [0.1, 0.15) is 34.5 Å². The molecule has 21 heavy (non-hydrogen) atoms. The van der Waals surface area contributed by atoms with E-state index < -0.39 is 0 Å². The van der Waals surface area contributed by atoms with E-state index in [1.165, 1.54) is 5.56 Å². The Balaban J connectivity index is 1.81. The van der Waals surface area contributed by atoms with Crippen LogP contribution in [0, 0.1) is 6.92 Å². The van der Waals surface area contributed by atoms with Gasteiger partial charge in [-0.3, -0.25) is 4.79 Å². The highest BCUT2D eigenvalue weighted by molar-refractivity contribution is 6.06. The number of rotatable bonds is 3. The molecule has 1 aromatic heterocycles. The molecule has 0 bridgehead atoms. The Morgan fingerprint density at radius 3 is 2.57 bits per heavy atom. The van der Waals surface area contributed by atoms with Crippen LogP contribution >= 0.6 is 0 Å². The number of amides is 1. The van der Waals surface area contributed by atoms with Gasteiger partial charge in [0.15, 0.2) is 0 Å². The number of hydrogen-bond acceptors (Lipinski definition) is 1. The lowest BCUT2D eigenvalue weighted by atomic mass is 10.1. The predicted molar refractivity (Wildman–Crippen MR) is 85.4 cm³/mol. The van der Waals surface area contributed by atoms with Crippen molar-refractivity contribution in [2.45, 2.75) is 19.9 Å². The second kappa shape index (κ2) is 5.44. The van der Waals surface area contributed by atoms with E-state index in [0.29, 0.717) is 5.56 Å². The molecule has 1 amide bonds. The summed E-state index contributed by atoms with van der Waals surface area (Å²) in [4.78, 5) is 15.6. The first kappa shape index (κ1) is 13.4. The topological polar surface area (TPSA) is 44.9 Å². The molecule has 2 N–H and O–H groups in total. The minimum atomic E-state index is -0.0551. The smallest absolute Gasteiger partial charge is 0.253 e. The highest BCUT2D eigenvalue weighted by atomic mass is 16.1. The summed E-state index contributed by atoms with van der Waals surface area (Å²) in [6.07, 6.45) is 1.77. The zero-order chi connectivity index (χ0) is 14.8. The highest BCUT2D eigenvalue weighted by Crippen LogP contribution is 2.19. The van der Waals surface area contributed by atoms with Crippen LogP contribution in [0.2, 0.25) is 0 Å². The zero-order valence-corrected chi connectivity index (χ0v) is 12.2. The lowest BCUT2D eigenvalue weighted by Crippen LogP contribution is -2.26. The number of nitrogens with one attached hydrogen (secondary N) is 2. The second-order valence-electron chi connectivity index (χ2n) is 5.35. The molecular weight excluding hydrogens is 260 g/mol. The van der Waals surface area contributed by atoms with Crippen molar-refractivity contribution in [1.29, 1.82) is 0 Å². The molecule has 1 heterocycles. The van der Waals surface area contributed by atoms with Crippen molar-refractivity contribution in [3.05, 3.63) is 71.4 Å². The molecule has 0 radical (unpaired) electrons. The van der Waals surface area contributed by atoms with Gasteiger partial charge in [0.1, 0.15) is 0 Å². The Morgan fingerprint density at radius 1 is 1.10 bits per heavy atom. The summed E-state index contributed by atoms with van der Waals surface area (Å²) < 4.78 is 0. The number of para-hydroxylation sites is 1. The summed E-state index contributed by atoms with van der Waals surface area (Å²) in [5.74, 6) is -0.0551. The third-order valence-corrected chi connectivity index (χ3v) is 3.76. The fourth-order valence-corrected chi connectivity index (χ4v) is 2.47. The maximum Gasteiger partial charge on any atom is 0.253 e. The van der Waals surface area contributed by atoms with Gasteiger partial charge in [-0.15, -0.1) is 0 Å². The monoisotopic (exact) mass is 278 g/mol. The van der Waals surface area contributed by atoms with E-state index in [0.717, 1.165) is 16.5 Å². The van der Waals surface area contributed by atoms with Crippen LogP contribution in [0.4, 0.5) is 0 Å². The third kappa shape index (κ3) is 2.68. The molecule has 106 valence electrons. The molecule has 1 unspecified atom stereocenters. The van der Waals surface area contributed by atoms with Crippen molar-refractivity contribution in [1.82, 2.24) is 10.3 Å². The quantitative estimate of drug-likeness (QED) is 0.748. The predicted octanol–water partition coefficient (Wildman–Crippen LogP) is 3.97. The van der Waals surface area contributed by atoms with Crippen molar-refractivity contribution in [3.63, 3.8) is 0 Å². The van der Waals surface area contributed by atoms with Gasteiger partial charge in [0.2, 0.25) is 0 Å². The van der Waals surface area contributed by atoms with E-state index in [-0.39, 0.29) is 11.9 Å². The Morgan fingerprint density at radius 2 is 1.81 bits per heavy atom. The normalized spacial score (nSPS) is 12.3. The number of hydrogen-bond donors (Lipinski definition) is 2. The van der Waals surface area contributed by atoms with Crippen LogP contribution in [-0.2, 0) is 0 Å². The average molecular weight is 278 g/mol. The van der Waals surface area contributed by atoms with Gasteiger partial charge in [0.05, 0.1) is 11.6 Å². The van der Waals surface area contributed by atoms with Gasteiger partial charge >= 0.3 is 0 Å². The molecule has 0 aliphatic carbocycles. The van der Waals surface area contributed by atoms with E-state index in [2.05, 4.69) is 41.5 Å². The van der Waals surface area contributed by atoms with Gasteiger partial charge in [0, 0.05) is 17.1 Å². The first-order chi connectivity index (χ1) is 10.1. The molecule has 0 saturated carbocycles. The molecule has 1 atom stereocenters. The lowest BCUT2D eigenvalue weighted by Gasteiger charge is -2.14. The largest absolute Gasteiger partial charge is 0.360 e. The van der Waals surface area contributed by atoms with Crippen LogP contribution < -0.4 is 5.32 Å². The lowest BCUT2D eigenvalue weighted by molar-refractivity contribution is 0.0941. The summed E-state index contributed by atoms with van der Waals surface area (Å²) >= 11 is 0. The fourth-order valence-electron chi connectivity index (χ4n) is 2.47. The molecule has 3 aromatic rings. The fraction of sp³-hybridized carbons (Fsp3) is 0.167. The van der Waals surface area contributed by atoms with Crippen LogP contribution in [0.25, 0.3) is 10.9 Å². The summed E-state index contributed by atoms with van der Waals surface area (Å²) in [7, 11) is 0. The number of fused-ring (bicyclic) bond motifs is 1. The second-order valence-corrected chi connectivity index (χ2v) is 5.35. The first-order valence-corrected chi connectivity index (χ1v) is 7.08. The van der Waals surface area contributed by atoms with Crippen LogP contribution in [0.3, 0.4) is 0 Å². The van der Waals surface area contributed by atoms with Crippen molar-refractivity contribution in [3.8, 4) is 0 Å². The van der Waals surface area contributed by atoms with Gasteiger partial charge in [-0.25, -0.2) is 0 Å². The van der Waals surface area contributed by atoms with Gasteiger partial charge in [0.25, 0.3) is 5.91 Å². The molecule has 0 aliphatic rings. The molecule has 0 spiro atoms. The van der Waals surface area contributed by atoms with E-state index in [9.17, 15) is 4.79 Å². The SMILES string of the molecule is Cc1ccc(C(C)NC(=O)c2c[nH]c3ccccc23)cc1. The summed E-state index contributed by atoms with van der Waals surface area (Å²) in [6.45, 7) is 4.05. The van der Waals surface area contributed by atoms with Gasteiger partial charge < -0.3 is 10.3 Å². The molecule has 0 aliphatic heterocycles. The standard InChI is InChI=1S/C18H18N2O/c1-12-7-9-14(10-8-12)13(2)20-18(21)16-11-19-17-6-4-3-5-15(16)17/h3-11,13,19H,1-2H3,(H,20,21). The number of carbonyl (C=O) groups is 1. The minimum Gasteiger partial charge on any atom is -0.360 e. The van der Waals surface area contributed by atoms with Crippen LogP contribution in [0.15, 0.2) is 54.7 Å². The Kier molecular flexibility index (Phi) is 3.48. The van der Waals surface area contributed by atoms with E-state index in [4.69, 9.17) is 0 Å². The Hall–Kier alpha value is -2.55. The van der Waals surface area contributed by atoms with Gasteiger partial charge in [-0.05, 0) is 25.5 Å². The van der Waals surface area contributed by atoms with Crippen molar-refractivity contribution in [2.75, 3.05) is 0 Å². The van der Waals surface area contributed by atoms with Gasteiger partial charge in [-0.2, -0.15) is 0 Å². The maximum atomic E-state index is 12.4. The summed E-state index contributed by atoms with van der Waals surface area (Å²) in [5, 5.41) is 4.00. The molecule has 3 rings (SSSR count). The van der Waals surface area contributed by atoms with Crippen molar-refractivity contribution in [2.24, 2.45) is 0 Å². The molecule has 2 aromatic carbocycles. The number of aromatic nitrogens is 1. The number of benzene rings is 2. The van der Waals surface area contributed by atoms with E-state index >= 15 is 0 Å². The maximum absolute atomic E-state index is 12.4.